The van der Waals surface area contributed by atoms with Crippen LogP contribution in [0.3, 0.4) is 0 Å². The molecule has 0 aliphatic carbocycles. The van der Waals surface area contributed by atoms with Crippen LogP contribution in [-0.2, 0) is 6.18 Å². The van der Waals surface area contributed by atoms with Crippen LogP contribution in [0.5, 0.6) is 0 Å². The number of rotatable bonds is 0. The van der Waals surface area contributed by atoms with E-state index in [9.17, 15) is 13.2 Å². The number of fused-ring (bicyclic) bond motifs is 1. The van der Waals surface area contributed by atoms with E-state index in [0.717, 1.165) is 10.6 Å². The van der Waals surface area contributed by atoms with Gasteiger partial charge in [-0.15, -0.1) is 5.10 Å². The standard InChI is InChI=1S/C6H3F3N4/c7-6(8,9)4-2-1-3-13-5(4)10-11-12-13/h1-3H. The maximum Gasteiger partial charge on any atom is 0.420 e. The topological polar surface area (TPSA) is 43.1 Å². The van der Waals surface area contributed by atoms with Gasteiger partial charge < -0.3 is 0 Å². The third-order valence-corrected chi connectivity index (χ3v) is 1.53. The number of aromatic nitrogens is 4. The average molecular weight is 188 g/mol. The molecule has 0 aliphatic heterocycles. The molecule has 13 heavy (non-hydrogen) atoms. The minimum Gasteiger partial charge on any atom is -0.200 e. The molecule has 0 aromatic carbocycles. The van der Waals surface area contributed by atoms with Crippen molar-refractivity contribution in [2.75, 3.05) is 0 Å². The minimum absolute atomic E-state index is 0.282. The number of tetrazole rings is 1. The second kappa shape index (κ2) is 2.41. The van der Waals surface area contributed by atoms with Gasteiger partial charge in [0.1, 0.15) is 5.56 Å². The Morgan fingerprint density at radius 3 is 2.77 bits per heavy atom. The van der Waals surface area contributed by atoms with Crippen LogP contribution in [-0.4, -0.2) is 20.0 Å². The van der Waals surface area contributed by atoms with Crippen LogP contribution in [0.15, 0.2) is 18.3 Å². The first-order chi connectivity index (χ1) is 6.09. The van der Waals surface area contributed by atoms with E-state index < -0.39 is 11.7 Å². The minimum atomic E-state index is -4.42. The number of hydrogen-bond acceptors (Lipinski definition) is 3. The predicted octanol–water partition coefficient (Wildman–Crippen LogP) is 1.14. The van der Waals surface area contributed by atoms with Crippen molar-refractivity contribution in [1.82, 2.24) is 20.0 Å². The molecule has 2 rings (SSSR count). The van der Waals surface area contributed by atoms with Gasteiger partial charge in [0.25, 0.3) is 0 Å². The number of alkyl halides is 3. The third-order valence-electron chi connectivity index (χ3n) is 1.53. The van der Waals surface area contributed by atoms with E-state index in [2.05, 4.69) is 15.5 Å². The van der Waals surface area contributed by atoms with Crippen LogP contribution in [0.4, 0.5) is 13.2 Å². The van der Waals surface area contributed by atoms with E-state index >= 15 is 0 Å². The van der Waals surface area contributed by atoms with E-state index in [-0.39, 0.29) is 5.65 Å². The second-order valence-corrected chi connectivity index (χ2v) is 2.37. The highest BCUT2D eigenvalue weighted by Crippen LogP contribution is 2.30. The van der Waals surface area contributed by atoms with Crippen molar-refractivity contribution >= 4 is 5.65 Å². The summed E-state index contributed by atoms with van der Waals surface area (Å²) in [6.45, 7) is 0. The first-order valence-corrected chi connectivity index (χ1v) is 3.33. The van der Waals surface area contributed by atoms with Gasteiger partial charge in [-0.3, -0.25) is 0 Å². The molecular weight excluding hydrogens is 185 g/mol. The zero-order valence-electron chi connectivity index (χ0n) is 6.15. The smallest absolute Gasteiger partial charge is 0.200 e. The molecule has 0 spiro atoms. The number of hydrogen-bond donors (Lipinski definition) is 0. The Morgan fingerprint density at radius 2 is 2.08 bits per heavy atom. The highest BCUT2D eigenvalue weighted by Gasteiger charge is 2.34. The molecular formula is C6H3F3N4. The van der Waals surface area contributed by atoms with Crippen molar-refractivity contribution < 1.29 is 13.2 Å². The molecule has 68 valence electrons. The first kappa shape index (κ1) is 7.96. The van der Waals surface area contributed by atoms with Gasteiger partial charge in [-0.05, 0) is 22.6 Å². The van der Waals surface area contributed by atoms with Gasteiger partial charge in [0.05, 0.1) is 0 Å². The zero-order valence-corrected chi connectivity index (χ0v) is 6.15. The molecule has 2 aromatic heterocycles. The third kappa shape index (κ3) is 1.21. The summed E-state index contributed by atoms with van der Waals surface area (Å²) in [5.41, 5.74) is -1.12. The molecule has 7 heteroatoms. The molecule has 4 nitrogen and oxygen atoms in total. The number of nitrogens with zero attached hydrogens (tertiary/aromatic N) is 4. The van der Waals surface area contributed by atoms with Crippen LogP contribution in [0.25, 0.3) is 5.65 Å². The Balaban J connectivity index is 2.75. The number of halogens is 3. The van der Waals surface area contributed by atoms with E-state index in [1.54, 1.807) is 0 Å². The summed E-state index contributed by atoms with van der Waals surface area (Å²) in [7, 11) is 0. The lowest BCUT2D eigenvalue weighted by Gasteiger charge is -2.05. The van der Waals surface area contributed by atoms with Crippen molar-refractivity contribution in [2.24, 2.45) is 0 Å². The van der Waals surface area contributed by atoms with Crippen LogP contribution in [0.1, 0.15) is 5.56 Å². The lowest BCUT2D eigenvalue weighted by molar-refractivity contribution is -0.136. The molecule has 2 aromatic rings. The van der Waals surface area contributed by atoms with Crippen LogP contribution in [0.2, 0.25) is 0 Å². The average Bonchev–Trinajstić information content (AvgIpc) is 2.48. The predicted molar refractivity (Wildman–Crippen MR) is 35.8 cm³/mol. The van der Waals surface area contributed by atoms with E-state index in [0.29, 0.717) is 0 Å². The second-order valence-electron chi connectivity index (χ2n) is 2.37. The lowest BCUT2D eigenvalue weighted by Crippen LogP contribution is -2.07. The van der Waals surface area contributed by atoms with E-state index in [1.165, 1.54) is 12.3 Å². The van der Waals surface area contributed by atoms with Crippen molar-refractivity contribution in [3.8, 4) is 0 Å². The fourth-order valence-electron chi connectivity index (χ4n) is 0.988. The molecule has 0 N–H and O–H groups in total. The van der Waals surface area contributed by atoms with E-state index in [4.69, 9.17) is 0 Å². The van der Waals surface area contributed by atoms with Crippen LogP contribution >= 0.6 is 0 Å². The van der Waals surface area contributed by atoms with Crippen LogP contribution < -0.4 is 0 Å². The first-order valence-electron chi connectivity index (χ1n) is 3.33. The quantitative estimate of drug-likeness (QED) is 0.622. The summed E-state index contributed by atoms with van der Waals surface area (Å²) in [6, 6.07) is 2.18. The molecule has 0 saturated heterocycles. The fraction of sp³-hybridized carbons (Fsp3) is 0.167. The summed E-state index contributed by atoms with van der Waals surface area (Å²) >= 11 is 0. The SMILES string of the molecule is FC(F)(F)c1cccn2nnnc12. The summed E-state index contributed by atoms with van der Waals surface area (Å²) in [6.07, 6.45) is -3.07. The van der Waals surface area contributed by atoms with Gasteiger partial charge in [0.2, 0.25) is 0 Å². The Morgan fingerprint density at radius 1 is 1.31 bits per heavy atom. The maximum absolute atomic E-state index is 12.3. The Bertz CT molecular complexity index is 433. The summed E-state index contributed by atoms with van der Waals surface area (Å²) in [5, 5.41) is 9.75. The van der Waals surface area contributed by atoms with Gasteiger partial charge in [0.15, 0.2) is 5.65 Å². The molecule has 0 unspecified atom stereocenters. The lowest BCUT2D eigenvalue weighted by atomic mass is 10.2. The van der Waals surface area contributed by atoms with Gasteiger partial charge >= 0.3 is 6.18 Å². The van der Waals surface area contributed by atoms with Crippen molar-refractivity contribution in [1.29, 1.82) is 0 Å². The molecule has 2 heterocycles. The van der Waals surface area contributed by atoms with Crippen molar-refractivity contribution in [2.45, 2.75) is 6.18 Å². The maximum atomic E-state index is 12.3. The Kier molecular flexibility index (Phi) is 1.48. The molecule has 0 fully saturated rings. The Hall–Kier alpha value is -1.66. The monoisotopic (exact) mass is 188 g/mol. The molecule has 0 radical (unpaired) electrons. The summed E-state index contributed by atoms with van der Waals surface area (Å²) < 4.78 is 37.8. The largest absolute Gasteiger partial charge is 0.420 e. The molecule has 0 amide bonds. The molecule has 0 aliphatic rings. The highest BCUT2D eigenvalue weighted by atomic mass is 19.4. The van der Waals surface area contributed by atoms with Gasteiger partial charge in [0, 0.05) is 6.20 Å². The zero-order chi connectivity index (χ0) is 9.47. The molecule has 0 saturated carbocycles. The van der Waals surface area contributed by atoms with Gasteiger partial charge in [-0.25, -0.2) is 4.52 Å². The fourth-order valence-corrected chi connectivity index (χ4v) is 0.988. The molecule has 0 atom stereocenters. The highest BCUT2D eigenvalue weighted by molar-refractivity contribution is 5.46. The van der Waals surface area contributed by atoms with Crippen LogP contribution in [0, 0.1) is 0 Å². The normalized spacial score (nSPS) is 12.2. The van der Waals surface area contributed by atoms with E-state index in [1.807, 2.05) is 0 Å². The van der Waals surface area contributed by atoms with Gasteiger partial charge in [-0.2, -0.15) is 13.2 Å². The number of pyridine rings is 1. The Labute approximate surface area is 70.0 Å². The van der Waals surface area contributed by atoms with Crippen molar-refractivity contribution in [3.63, 3.8) is 0 Å². The summed E-state index contributed by atoms with van der Waals surface area (Å²) in [5.74, 6) is 0. The van der Waals surface area contributed by atoms with Gasteiger partial charge in [-0.1, -0.05) is 0 Å². The summed E-state index contributed by atoms with van der Waals surface area (Å²) in [4.78, 5) is 0. The van der Waals surface area contributed by atoms with Crippen molar-refractivity contribution in [3.05, 3.63) is 23.9 Å². The molecule has 0 bridgehead atoms.